The number of benzene rings is 1. The summed E-state index contributed by atoms with van der Waals surface area (Å²) in [6.07, 6.45) is 0.441. The Kier molecular flexibility index (Phi) is 9.95. The average Bonchev–Trinajstić information content (AvgIpc) is 2.48. The summed E-state index contributed by atoms with van der Waals surface area (Å²) in [5, 5.41) is 22.2. The third-order valence-corrected chi connectivity index (χ3v) is 3.55. The molecule has 1 aliphatic heterocycles. The molecule has 0 aromatic heterocycles. The molecule has 5 nitrogen and oxygen atoms in total. The van der Waals surface area contributed by atoms with E-state index in [-0.39, 0.29) is 36.6 Å². The molecule has 1 aromatic rings. The number of rotatable bonds is 5. The minimum absolute atomic E-state index is 0. The van der Waals surface area contributed by atoms with Crippen molar-refractivity contribution in [2.24, 2.45) is 0 Å². The van der Waals surface area contributed by atoms with Crippen molar-refractivity contribution < 1.29 is 9.84 Å². The van der Waals surface area contributed by atoms with E-state index in [1.54, 1.807) is 6.07 Å². The predicted molar refractivity (Wildman–Crippen MR) is 91.2 cm³/mol. The van der Waals surface area contributed by atoms with E-state index in [1.165, 1.54) is 0 Å². The molecule has 1 heterocycles. The highest BCUT2D eigenvalue weighted by atomic mass is 35.5. The molecular weight excluding hydrogens is 325 g/mol. The van der Waals surface area contributed by atoms with Gasteiger partial charge in [-0.25, -0.2) is 0 Å². The van der Waals surface area contributed by atoms with E-state index in [0.29, 0.717) is 18.8 Å². The fraction of sp³-hybridized carbons (Fsp3) is 0.533. The van der Waals surface area contributed by atoms with Crippen LogP contribution in [-0.4, -0.2) is 42.8 Å². The molecule has 7 heteroatoms. The van der Waals surface area contributed by atoms with Gasteiger partial charge in [0.25, 0.3) is 0 Å². The van der Waals surface area contributed by atoms with Gasteiger partial charge in [0.15, 0.2) is 11.5 Å². The molecule has 2 rings (SSSR count). The predicted octanol–water partition coefficient (Wildman–Crippen LogP) is 2.49. The molecule has 1 aliphatic rings. The molecule has 0 radical (unpaired) electrons. The van der Waals surface area contributed by atoms with E-state index < -0.39 is 0 Å². The van der Waals surface area contributed by atoms with E-state index >= 15 is 0 Å². The standard InChI is InChI=1S/C15H21N3O2.2ClH/c1-2-20-15-11-12(3-4-14(15)19)13(5-6-16)18-9-7-17-8-10-18;;/h3-4,11,13,17,19H,2,5,7-10H2,1H3;2*1H/t13-;;/m0../s1. The van der Waals surface area contributed by atoms with E-state index in [0.717, 1.165) is 31.7 Å². The first-order valence-electron chi connectivity index (χ1n) is 7.03. The van der Waals surface area contributed by atoms with Gasteiger partial charge in [0.05, 0.1) is 19.1 Å². The van der Waals surface area contributed by atoms with E-state index in [1.807, 2.05) is 19.1 Å². The lowest BCUT2D eigenvalue weighted by Gasteiger charge is -2.34. The van der Waals surface area contributed by atoms with Crippen LogP contribution in [-0.2, 0) is 0 Å². The third kappa shape index (κ3) is 5.22. The number of aromatic hydroxyl groups is 1. The summed E-state index contributed by atoms with van der Waals surface area (Å²) in [5.41, 5.74) is 1.02. The Bertz CT molecular complexity index is 488. The summed E-state index contributed by atoms with van der Waals surface area (Å²) in [4.78, 5) is 2.31. The molecule has 22 heavy (non-hydrogen) atoms. The van der Waals surface area contributed by atoms with Crippen LogP contribution in [0.5, 0.6) is 11.5 Å². The van der Waals surface area contributed by atoms with Crippen molar-refractivity contribution >= 4 is 24.8 Å². The lowest BCUT2D eigenvalue weighted by atomic mass is 10.0. The van der Waals surface area contributed by atoms with Gasteiger partial charge in [-0.1, -0.05) is 6.07 Å². The molecule has 1 aromatic carbocycles. The maximum absolute atomic E-state index is 9.77. The van der Waals surface area contributed by atoms with Gasteiger partial charge < -0.3 is 15.2 Å². The first-order valence-corrected chi connectivity index (χ1v) is 7.03. The van der Waals surface area contributed by atoms with E-state index in [2.05, 4.69) is 16.3 Å². The minimum atomic E-state index is 0. The number of nitrogens with one attached hydrogen (secondary N) is 1. The minimum Gasteiger partial charge on any atom is -0.504 e. The van der Waals surface area contributed by atoms with Crippen LogP contribution in [0.1, 0.15) is 24.9 Å². The Hall–Kier alpha value is -1.19. The van der Waals surface area contributed by atoms with Crippen LogP contribution in [0.3, 0.4) is 0 Å². The van der Waals surface area contributed by atoms with Gasteiger partial charge in [0.2, 0.25) is 0 Å². The van der Waals surface area contributed by atoms with Gasteiger partial charge in [-0.15, -0.1) is 24.8 Å². The van der Waals surface area contributed by atoms with Crippen LogP contribution in [0.25, 0.3) is 0 Å². The lowest BCUT2D eigenvalue weighted by molar-refractivity contribution is 0.175. The van der Waals surface area contributed by atoms with Crippen LogP contribution in [0.2, 0.25) is 0 Å². The molecule has 2 N–H and O–H groups in total. The van der Waals surface area contributed by atoms with Crippen LogP contribution in [0.4, 0.5) is 0 Å². The normalized spacial score (nSPS) is 15.8. The Balaban J connectivity index is 0.00000220. The number of nitriles is 1. The van der Waals surface area contributed by atoms with Gasteiger partial charge in [-0.05, 0) is 24.6 Å². The fourth-order valence-electron chi connectivity index (χ4n) is 2.55. The number of ether oxygens (including phenoxy) is 1. The molecule has 0 bridgehead atoms. The zero-order valence-corrected chi connectivity index (χ0v) is 14.3. The number of hydrogen-bond acceptors (Lipinski definition) is 5. The summed E-state index contributed by atoms with van der Waals surface area (Å²) in [7, 11) is 0. The van der Waals surface area contributed by atoms with Crippen molar-refractivity contribution in [2.45, 2.75) is 19.4 Å². The summed E-state index contributed by atoms with van der Waals surface area (Å²) in [6, 6.07) is 7.69. The molecule has 0 saturated carbocycles. The summed E-state index contributed by atoms with van der Waals surface area (Å²) < 4.78 is 5.43. The summed E-state index contributed by atoms with van der Waals surface area (Å²) >= 11 is 0. The number of phenolic OH excluding ortho intramolecular Hbond substituents is 1. The van der Waals surface area contributed by atoms with Crippen molar-refractivity contribution in [3.63, 3.8) is 0 Å². The first kappa shape index (κ1) is 20.8. The lowest BCUT2D eigenvalue weighted by Crippen LogP contribution is -2.45. The maximum atomic E-state index is 9.77. The molecule has 1 saturated heterocycles. The Labute approximate surface area is 144 Å². The van der Waals surface area contributed by atoms with E-state index in [9.17, 15) is 5.11 Å². The number of halogens is 2. The molecular formula is C15H23Cl2N3O2. The highest BCUT2D eigenvalue weighted by Crippen LogP contribution is 2.32. The molecule has 0 amide bonds. The zero-order valence-electron chi connectivity index (χ0n) is 12.6. The summed E-state index contributed by atoms with van der Waals surface area (Å²) in [6.45, 7) is 6.13. The highest BCUT2D eigenvalue weighted by Gasteiger charge is 2.22. The molecule has 1 fully saturated rings. The van der Waals surface area contributed by atoms with E-state index in [4.69, 9.17) is 10.00 Å². The van der Waals surface area contributed by atoms with Gasteiger partial charge >= 0.3 is 0 Å². The Morgan fingerprint density at radius 3 is 2.64 bits per heavy atom. The van der Waals surface area contributed by atoms with Gasteiger partial charge in [-0.2, -0.15) is 5.26 Å². The number of nitrogens with zero attached hydrogens (tertiary/aromatic N) is 2. The van der Waals surface area contributed by atoms with Gasteiger partial charge in [0.1, 0.15) is 0 Å². The maximum Gasteiger partial charge on any atom is 0.161 e. The SMILES string of the molecule is CCOc1cc([C@H](CC#N)N2CCNCC2)ccc1O.Cl.Cl. The average molecular weight is 348 g/mol. The summed E-state index contributed by atoms with van der Waals surface area (Å²) in [5.74, 6) is 0.634. The molecule has 0 spiro atoms. The fourth-order valence-corrected chi connectivity index (χ4v) is 2.55. The Morgan fingerprint density at radius 1 is 1.36 bits per heavy atom. The molecule has 0 aliphatic carbocycles. The topological polar surface area (TPSA) is 68.5 Å². The molecule has 124 valence electrons. The van der Waals surface area contributed by atoms with Crippen molar-refractivity contribution in [3.05, 3.63) is 23.8 Å². The Morgan fingerprint density at radius 2 is 2.05 bits per heavy atom. The number of phenols is 1. The van der Waals surface area contributed by atoms with Gasteiger partial charge in [0, 0.05) is 32.2 Å². The quantitative estimate of drug-likeness (QED) is 0.856. The monoisotopic (exact) mass is 347 g/mol. The zero-order chi connectivity index (χ0) is 14.4. The van der Waals surface area contributed by atoms with Crippen molar-refractivity contribution in [1.29, 1.82) is 5.26 Å². The van der Waals surface area contributed by atoms with Crippen LogP contribution in [0.15, 0.2) is 18.2 Å². The largest absolute Gasteiger partial charge is 0.504 e. The number of piperazine rings is 1. The van der Waals surface area contributed by atoms with Crippen molar-refractivity contribution in [3.8, 4) is 17.6 Å². The van der Waals surface area contributed by atoms with Crippen molar-refractivity contribution in [2.75, 3.05) is 32.8 Å². The van der Waals surface area contributed by atoms with Crippen molar-refractivity contribution in [1.82, 2.24) is 10.2 Å². The number of hydrogen-bond donors (Lipinski definition) is 2. The second-order valence-corrected chi connectivity index (χ2v) is 4.82. The first-order chi connectivity index (χ1) is 9.76. The van der Waals surface area contributed by atoms with Gasteiger partial charge in [-0.3, -0.25) is 4.90 Å². The third-order valence-electron chi connectivity index (χ3n) is 3.55. The molecule has 0 unspecified atom stereocenters. The second kappa shape index (κ2) is 10.5. The van der Waals surface area contributed by atoms with Crippen LogP contribution >= 0.6 is 24.8 Å². The van der Waals surface area contributed by atoms with Crippen LogP contribution < -0.4 is 10.1 Å². The second-order valence-electron chi connectivity index (χ2n) is 4.82. The van der Waals surface area contributed by atoms with Crippen LogP contribution in [0, 0.1) is 11.3 Å². The highest BCUT2D eigenvalue weighted by molar-refractivity contribution is 5.85. The molecule has 1 atom stereocenters. The smallest absolute Gasteiger partial charge is 0.161 e.